The van der Waals surface area contributed by atoms with Gasteiger partial charge in [-0.2, -0.15) is 0 Å². The molecular formula is C22H40SiZr. The van der Waals surface area contributed by atoms with Crippen LogP contribution in [0.2, 0.25) is 24.8 Å². The molecule has 0 saturated heterocycles. The van der Waals surface area contributed by atoms with Crippen molar-refractivity contribution >= 4 is 6.88 Å². The molecule has 0 N–H and O–H groups in total. The Morgan fingerprint density at radius 3 is 1.12 bits per heavy atom. The van der Waals surface area contributed by atoms with Crippen molar-refractivity contribution in [2.75, 3.05) is 0 Å². The van der Waals surface area contributed by atoms with E-state index in [1.807, 2.05) is 0 Å². The van der Waals surface area contributed by atoms with Gasteiger partial charge in [0, 0.05) is 0 Å². The van der Waals surface area contributed by atoms with Gasteiger partial charge < -0.3 is 0 Å². The van der Waals surface area contributed by atoms with Gasteiger partial charge in [0.1, 0.15) is 0 Å². The third-order valence-corrected chi connectivity index (χ3v) is 46.3. The molecule has 0 atom stereocenters. The molecule has 0 radical (unpaired) electrons. The van der Waals surface area contributed by atoms with Crippen molar-refractivity contribution in [3.8, 4) is 0 Å². The van der Waals surface area contributed by atoms with Gasteiger partial charge in [0.05, 0.1) is 0 Å². The molecule has 24 heavy (non-hydrogen) atoms. The van der Waals surface area contributed by atoms with Crippen LogP contribution in [0.5, 0.6) is 0 Å². The van der Waals surface area contributed by atoms with E-state index < -0.39 is 14.4 Å². The van der Waals surface area contributed by atoms with Gasteiger partial charge in [-0.1, -0.05) is 0 Å². The second kappa shape index (κ2) is 4.66. The monoisotopic (exact) mass is 422 g/mol. The number of hydrogen-bond donors (Lipinski definition) is 0. The molecule has 0 heterocycles. The van der Waals surface area contributed by atoms with Gasteiger partial charge in [-0.15, -0.1) is 0 Å². The Bertz CT molecular complexity index is 693. The van der Waals surface area contributed by atoms with Crippen molar-refractivity contribution < 1.29 is 14.4 Å². The molecule has 0 aliphatic heterocycles. The molecule has 136 valence electrons. The van der Waals surface area contributed by atoms with Crippen molar-refractivity contribution in [1.29, 1.82) is 0 Å². The van der Waals surface area contributed by atoms with E-state index in [0.29, 0.717) is 18.1 Å². The van der Waals surface area contributed by atoms with E-state index >= 15 is 0 Å². The Morgan fingerprint density at radius 1 is 0.667 bits per heavy atom. The number of rotatable bonds is 4. The summed E-state index contributed by atoms with van der Waals surface area (Å²) in [6.45, 7) is 17.2. The summed E-state index contributed by atoms with van der Waals surface area (Å²) >= 11 is -4.36. The van der Waals surface area contributed by atoms with Crippen LogP contribution in [0.25, 0.3) is 0 Å². The zero-order valence-electron chi connectivity index (χ0n) is 17.4. The quantitative estimate of drug-likeness (QED) is 0.421. The molecule has 0 aromatic rings. The van der Waals surface area contributed by atoms with Gasteiger partial charge in [0.2, 0.25) is 0 Å². The molecule has 0 fully saturated rings. The first-order valence-electron chi connectivity index (χ1n) is 9.68. The third kappa shape index (κ3) is 3.11. The van der Waals surface area contributed by atoms with E-state index in [1.165, 1.54) is 8.26 Å². The number of hydrogen-bond acceptors (Lipinski definition) is 0. The van der Waals surface area contributed by atoms with Crippen molar-refractivity contribution in [2.45, 2.75) is 66.3 Å². The first-order chi connectivity index (χ1) is 10.4. The van der Waals surface area contributed by atoms with Crippen LogP contribution in [-0.2, 0) is 14.4 Å². The van der Waals surface area contributed by atoms with Crippen molar-refractivity contribution in [1.82, 2.24) is 0 Å². The van der Waals surface area contributed by atoms with Gasteiger partial charge in [0.15, 0.2) is 0 Å². The van der Waals surface area contributed by atoms with Crippen LogP contribution >= 0.6 is 0 Å². The van der Waals surface area contributed by atoms with E-state index in [0.717, 1.165) is 0 Å². The molecule has 2 heteroatoms. The standard InChI is InChI=1S/2C5H5.2C5H11.2CH3.H2Si.Zr/c2*1-2-4-5-3-1;2*1-5(2,3)4;;;;/h2*1-5H;2*1H2,2-4H3;2*1H3;1H2;. The fourth-order valence-corrected chi connectivity index (χ4v) is 57.9. The molecule has 0 unspecified atom stereocenters. The van der Waals surface area contributed by atoms with E-state index in [1.54, 1.807) is 0 Å². The summed E-state index contributed by atoms with van der Waals surface area (Å²) in [5.41, 5.74) is 0.625. The summed E-state index contributed by atoms with van der Waals surface area (Å²) < 4.78 is 9.49. The zero-order valence-corrected chi connectivity index (χ0v) is 21.3. The van der Waals surface area contributed by atoms with Gasteiger partial charge in [0.25, 0.3) is 0 Å². The molecule has 2 aliphatic rings. The van der Waals surface area contributed by atoms with E-state index in [-0.39, 0.29) is 0 Å². The normalized spacial score (nSPS) is 24.1. The van der Waals surface area contributed by atoms with Crippen LogP contribution < -0.4 is 0 Å². The maximum absolute atomic E-state index is 4.36. The molecule has 0 bridgehead atoms. The molecule has 0 aromatic heterocycles. The minimum atomic E-state index is -4.36. The fourth-order valence-electron chi connectivity index (χ4n) is 8.27. The number of allylic oxidation sites excluding steroid dienone is 8. The average Bonchev–Trinajstić information content (AvgIpc) is 2.98. The van der Waals surface area contributed by atoms with Gasteiger partial charge in [-0.05, 0) is 0 Å². The second-order valence-electron chi connectivity index (χ2n) is 14.0. The summed E-state index contributed by atoms with van der Waals surface area (Å²) in [5, 5.41) is 0. The van der Waals surface area contributed by atoms with Gasteiger partial charge in [-0.25, -0.2) is 0 Å². The Kier molecular flexibility index (Phi) is 3.96. The van der Waals surface area contributed by atoms with Crippen molar-refractivity contribution in [2.24, 2.45) is 10.8 Å². The van der Waals surface area contributed by atoms with E-state index in [2.05, 4.69) is 106 Å². The Balaban J connectivity index is 2.97. The Labute approximate surface area is 146 Å². The molecule has 2 rings (SSSR count). The Hall–Kier alpha value is 0.0600. The van der Waals surface area contributed by atoms with Crippen molar-refractivity contribution in [3.63, 3.8) is 0 Å². The van der Waals surface area contributed by atoms with E-state index in [9.17, 15) is 0 Å². The molecule has 2 aliphatic carbocycles. The van der Waals surface area contributed by atoms with Gasteiger partial charge in [-0.3, -0.25) is 0 Å². The molecule has 0 nitrogen and oxygen atoms in total. The van der Waals surface area contributed by atoms with Crippen LogP contribution in [0.4, 0.5) is 0 Å². The first kappa shape index (κ1) is 20.4. The average molecular weight is 424 g/mol. The summed E-state index contributed by atoms with van der Waals surface area (Å²) in [5.74, 6) is 0. The summed E-state index contributed by atoms with van der Waals surface area (Å²) in [4.78, 5) is 0. The molecule has 0 saturated carbocycles. The first-order valence-corrected chi connectivity index (χ1v) is 26.8. The predicted octanol–water partition coefficient (Wildman–Crippen LogP) is 7.15. The fraction of sp³-hybridized carbons (Fsp3) is 0.636. The topological polar surface area (TPSA) is 0 Å². The second-order valence-corrected chi connectivity index (χ2v) is 67.2. The summed E-state index contributed by atoms with van der Waals surface area (Å²) in [6, 6.07) is 0. The van der Waals surface area contributed by atoms with Gasteiger partial charge >= 0.3 is 147 Å². The van der Waals surface area contributed by atoms with Crippen LogP contribution in [0.1, 0.15) is 41.5 Å². The molecular weight excluding hydrogens is 384 g/mol. The molecule has 0 aromatic carbocycles. The maximum atomic E-state index is 2.81. The SMILES string of the molecule is CC(C)(C)[CH2][Zr]([CH3])([CH3])(=[SiH2])([CH2]C(C)(C)C)([CH]1C=CC=C1)[CH]1C=CC=C1. The van der Waals surface area contributed by atoms with Crippen LogP contribution in [-0.4, -0.2) is 6.88 Å². The Morgan fingerprint density at radius 2 is 0.917 bits per heavy atom. The predicted molar refractivity (Wildman–Crippen MR) is 113 cm³/mol. The molecule has 0 spiro atoms. The van der Waals surface area contributed by atoms with Crippen LogP contribution in [0, 0.1) is 10.8 Å². The van der Waals surface area contributed by atoms with Crippen LogP contribution in [0.15, 0.2) is 48.6 Å². The summed E-state index contributed by atoms with van der Waals surface area (Å²) in [7, 11) is 0. The summed E-state index contributed by atoms with van der Waals surface area (Å²) in [6.07, 6.45) is 19.3. The van der Waals surface area contributed by atoms with Crippen molar-refractivity contribution in [3.05, 3.63) is 48.6 Å². The molecule has 0 amide bonds. The zero-order chi connectivity index (χ0) is 18.6. The van der Waals surface area contributed by atoms with Crippen LogP contribution in [0.3, 0.4) is 0 Å². The third-order valence-electron chi connectivity index (χ3n) is 7.30. The minimum absolute atomic E-state index is 0.312. The van der Waals surface area contributed by atoms with E-state index in [4.69, 9.17) is 0 Å².